The van der Waals surface area contributed by atoms with Crippen molar-refractivity contribution in [1.29, 1.82) is 0 Å². The Bertz CT molecular complexity index is 603. The minimum absolute atomic E-state index is 0.0287. The third kappa shape index (κ3) is 3.63. The van der Waals surface area contributed by atoms with Crippen molar-refractivity contribution >= 4 is 51.2 Å². The zero-order chi connectivity index (χ0) is 14.7. The smallest absolute Gasteiger partial charge is 0.304 e. The van der Waals surface area contributed by atoms with Crippen LogP contribution < -0.4 is 0 Å². The van der Waals surface area contributed by atoms with Crippen LogP contribution in [0, 0.1) is 7.14 Å². The lowest BCUT2D eigenvalue weighted by Gasteiger charge is -2.17. The second-order valence-corrected chi connectivity index (χ2v) is 6.72. The van der Waals surface area contributed by atoms with E-state index < -0.39 is 5.97 Å². The van der Waals surface area contributed by atoms with Gasteiger partial charge in [-0.15, -0.1) is 0 Å². The van der Waals surface area contributed by atoms with E-state index in [1.54, 1.807) is 0 Å². The lowest BCUT2D eigenvalue weighted by Crippen LogP contribution is -2.08. The molecular weight excluding hydrogens is 482 g/mol. The van der Waals surface area contributed by atoms with Gasteiger partial charge in [0.25, 0.3) is 0 Å². The quantitative estimate of drug-likeness (QED) is 0.627. The van der Waals surface area contributed by atoms with Crippen LogP contribution in [0.15, 0.2) is 42.5 Å². The molecule has 20 heavy (non-hydrogen) atoms. The zero-order valence-corrected chi connectivity index (χ0v) is 14.7. The normalized spacial score (nSPS) is 12.1. The number of hydrogen-bond donors (Lipinski definition) is 2. The highest BCUT2D eigenvalue weighted by Gasteiger charge is 2.20. The van der Waals surface area contributed by atoms with Crippen LogP contribution >= 0.6 is 45.2 Å². The average Bonchev–Trinajstić information content (AvgIpc) is 2.42. The standard InChI is InChI=1S/C15H12I2O3/c16-12-6-10(7-13(17)15(12)20)11(8-14(18)19)9-4-2-1-3-5-9/h1-7,11,20H,8H2,(H,18,19)/t11-/m0/s1. The zero-order valence-electron chi connectivity index (χ0n) is 10.4. The Morgan fingerprint density at radius 3 is 2.10 bits per heavy atom. The van der Waals surface area contributed by atoms with Crippen LogP contribution in [0.1, 0.15) is 23.5 Å². The minimum Gasteiger partial charge on any atom is -0.506 e. The van der Waals surface area contributed by atoms with E-state index in [0.29, 0.717) is 0 Å². The summed E-state index contributed by atoms with van der Waals surface area (Å²) in [5, 5.41) is 19.0. The average molecular weight is 494 g/mol. The Balaban J connectivity index is 2.49. The summed E-state index contributed by atoms with van der Waals surface area (Å²) in [4.78, 5) is 11.1. The SMILES string of the molecule is O=C(O)C[C@@H](c1ccccc1)c1cc(I)c(O)c(I)c1. The molecule has 2 aromatic carbocycles. The Morgan fingerprint density at radius 2 is 1.60 bits per heavy atom. The van der Waals surface area contributed by atoms with Gasteiger partial charge in [0.1, 0.15) is 5.75 Å². The number of carboxylic acids is 1. The predicted octanol–water partition coefficient (Wildman–Crippen LogP) is 4.21. The van der Waals surface area contributed by atoms with E-state index in [2.05, 4.69) is 45.2 Å². The molecule has 2 N–H and O–H groups in total. The first kappa shape index (κ1) is 15.6. The molecule has 0 spiro atoms. The van der Waals surface area contributed by atoms with E-state index in [4.69, 9.17) is 5.11 Å². The molecule has 0 amide bonds. The van der Waals surface area contributed by atoms with Crippen molar-refractivity contribution in [3.63, 3.8) is 0 Å². The molecule has 0 radical (unpaired) electrons. The van der Waals surface area contributed by atoms with Gasteiger partial charge in [0.05, 0.1) is 13.6 Å². The van der Waals surface area contributed by atoms with Gasteiger partial charge in [0.2, 0.25) is 0 Å². The van der Waals surface area contributed by atoms with Gasteiger partial charge < -0.3 is 10.2 Å². The molecule has 0 aromatic heterocycles. The molecule has 0 saturated heterocycles. The van der Waals surface area contributed by atoms with Gasteiger partial charge >= 0.3 is 5.97 Å². The van der Waals surface area contributed by atoms with Crippen molar-refractivity contribution < 1.29 is 15.0 Å². The lowest BCUT2D eigenvalue weighted by atomic mass is 9.88. The van der Waals surface area contributed by atoms with Crippen molar-refractivity contribution in [2.45, 2.75) is 12.3 Å². The fraction of sp³-hybridized carbons (Fsp3) is 0.133. The number of benzene rings is 2. The summed E-state index contributed by atoms with van der Waals surface area (Å²) in [6, 6.07) is 13.3. The molecule has 0 aliphatic heterocycles. The molecule has 0 saturated carbocycles. The molecule has 2 rings (SSSR count). The summed E-state index contributed by atoms with van der Waals surface area (Å²) in [6.07, 6.45) is 0.0287. The molecule has 0 fully saturated rings. The molecule has 2 aromatic rings. The summed E-state index contributed by atoms with van der Waals surface area (Å²) in [5.74, 6) is -0.801. The Labute approximate surface area is 144 Å². The third-order valence-electron chi connectivity index (χ3n) is 3.02. The second-order valence-electron chi connectivity index (χ2n) is 4.39. The molecule has 1 atom stereocenters. The van der Waals surface area contributed by atoms with Crippen molar-refractivity contribution in [1.82, 2.24) is 0 Å². The van der Waals surface area contributed by atoms with Gasteiger partial charge in [0.15, 0.2) is 0 Å². The van der Waals surface area contributed by atoms with E-state index >= 15 is 0 Å². The monoisotopic (exact) mass is 494 g/mol. The van der Waals surface area contributed by atoms with E-state index in [0.717, 1.165) is 18.3 Å². The minimum atomic E-state index is -0.836. The molecule has 0 aliphatic rings. The first-order chi connectivity index (χ1) is 9.49. The molecule has 0 bridgehead atoms. The highest BCUT2D eigenvalue weighted by Crippen LogP contribution is 2.34. The van der Waals surface area contributed by atoms with E-state index in [9.17, 15) is 9.90 Å². The second kappa shape index (κ2) is 6.75. The number of aromatic hydroxyl groups is 1. The first-order valence-corrected chi connectivity index (χ1v) is 8.09. The number of aliphatic carboxylic acids is 1. The van der Waals surface area contributed by atoms with E-state index in [1.165, 1.54) is 0 Å². The summed E-state index contributed by atoms with van der Waals surface area (Å²) in [7, 11) is 0. The number of carbonyl (C=O) groups is 1. The Kier molecular flexibility index (Phi) is 5.25. The molecule has 0 unspecified atom stereocenters. The molecule has 3 nitrogen and oxygen atoms in total. The van der Waals surface area contributed by atoms with Gasteiger partial charge in [0, 0.05) is 5.92 Å². The molecule has 5 heteroatoms. The van der Waals surface area contributed by atoms with Crippen molar-refractivity contribution in [2.24, 2.45) is 0 Å². The Morgan fingerprint density at radius 1 is 1.05 bits per heavy atom. The number of phenolic OH excluding ortho intramolecular Hbond substituents is 1. The van der Waals surface area contributed by atoms with Gasteiger partial charge in [-0.25, -0.2) is 0 Å². The summed E-state index contributed by atoms with van der Waals surface area (Å²) >= 11 is 4.12. The maximum absolute atomic E-state index is 11.1. The topological polar surface area (TPSA) is 57.5 Å². The highest BCUT2D eigenvalue weighted by atomic mass is 127. The van der Waals surface area contributed by atoms with Gasteiger partial charge in [-0.3, -0.25) is 4.79 Å². The fourth-order valence-electron chi connectivity index (χ4n) is 2.07. The van der Waals surface area contributed by atoms with Crippen LogP contribution in [0.4, 0.5) is 0 Å². The number of rotatable bonds is 4. The van der Waals surface area contributed by atoms with Gasteiger partial charge in [-0.2, -0.15) is 0 Å². The van der Waals surface area contributed by atoms with Crippen LogP contribution in [-0.2, 0) is 4.79 Å². The van der Waals surface area contributed by atoms with Crippen LogP contribution in [0.3, 0.4) is 0 Å². The number of halogens is 2. The van der Waals surface area contributed by atoms with Crippen LogP contribution in [0.2, 0.25) is 0 Å². The highest BCUT2D eigenvalue weighted by molar-refractivity contribution is 14.1. The number of hydrogen-bond acceptors (Lipinski definition) is 2. The maximum Gasteiger partial charge on any atom is 0.304 e. The van der Waals surface area contributed by atoms with Crippen LogP contribution in [0.25, 0.3) is 0 Å². The summed E-state index contributed by atoms with van der Waals surface area (Å²) in [6.45, 7) is 0. The van der Waals surface area contributed by atoms with Gasteiger partial charge in [-0.1, -0.05) is 30.3 Å². The Hall–Kier alpha value is -0.830. The van der Waals surface area contributed by atoms with Crippen LogP contribution in [-0.4, -0.2) is 16.2 Å². The van der Waals surface area contributed by atoms with E-state index in [-0.39, 0.29) is 18.1 Å². The maximum atomic E-state index is 11.1. The fourth-order valence-corrected chi connectivity index (χ4v) is 3.89. The summed E-state index contributed by atoms with van der Waals surface area (Å²) in [5.41, 5.74) is 1.87. The predicted molar refractivity (Wildman–Crippen MR) is 94.1 cm³/mol. The third-order valence-corrected chi connectivity index (χ3v) is 4.67. The van der Waals surface area contributed by atoms with Crippen LogP contribution in [0.5, 0.6) is 5.75 Å². The molecule has 0 heterocycles. The largest absolute Gasteiger partial charge is 0.506 e. The lowest BCUT2D eigenvalue weighted by molar-refractivity contribution is -0.137. The van der Waals surface area contributed by atoms with E-state index in [1.807, 2.05) is 42.5 Å². The first-order valence-electron chi connectivity index (χ1n) is 5.93. The molecule has 104 valence electrons. The molecule has 0 aliphatic carbocycles. The van der Waals surface area contributed by atoms with Crippen molar-refractivity contribution in [3.8, 4) is 5.75 Å². The van der Waals surface area contributed by atoms with Gasteiger partial charge in [-0.05, 0) is 68.4 Å². The number of phenols is 1. The van der Waals surface area contributed by atoms with Crippen molar-refractivity contribution in [3.05, 3.63) is 60.7 Å². The number of carboxylic acid groups (broad SMARTS) is 1. The molecular formula is C15H12I2O3. The summed E-state index contributed by atoms with van der Waals surface area (Å²) < 4.78 is 1.46. The van der Waals surface area contributed by atoms with Crippen molar-refractivity contribution in [2.75, 3.05) is 0 Å².